The van der Waals surface area contributed by atoms with Crippen LogP contribution in [-0.4, -0.2) is 21.9 Å². The molecule has 0 atom stereocenters. The van der Waals surface area contributed by atoms with Crippen molar-refractivity contribution in [3.05, 3.63) is 18.2 Å². The topological polar surface area (TPSA) is 72.5 Å². The number of benzene rings is 1. The SMILES string of the molecule is CNc1ccc(S(=O)(=O)Cl)cc1OC=O. The van der Waals surface area contributed by atoms with Gasteiger partial charge in [0.1, 0.15) is 0 Å². The average Bonchev–Trinajstić information content (AvgIpc) is 2.17. The van der Waals surface area contributed by atoms with Crippen LogP contribution in [0.3, 0.4) is 0 Å². The highest BCUT2D eigenvalue weighted by atomic mass is 35.7. The molecule has 15 heavy (non-hydrogen) atoms. The second-order valence-electron chi connectivity index (χ2n) is 2.56. The normalized spacial score (nSPS) is 10.8. The van der Waals surface area contributed by atoms with Crippen molar-refractivity contribution in [1.82, 2.24) is 0 Å². The lowest BCUT2D eigenvalue weighted by Gasteiger charge is -2.07. The molecule has 1 N–H and O–H groups in total. The van der Waals surface area contributed by atoms with Crippen molar-refractivity contribution in [2.24, 2.45) is 0 Å². The summed E-state index contributed by atoms with van der Waals surface area (Å²) in [6.07, 6.45) is 0. The Kier molecular flexibility index (Phi) is 3.54. The van der Waals surface area contributed by atoms with Gasteiger partial charge in [-0.25, -0.2) is 8.42 Å². The molecule has 0 unspecified atom stereocenters. The van der Waals surface area contributed by atoms with Crippen LogP contribution in [0, 0.1) is 0 Å². The summed E-state index contributed by atoms with van der Waals surface area (Å²) in [6.45, 7) is 0.209. The van der Waals surface area contributed by atoms with Crippen molar-refractivity contribution in [3.8, 4) is 5.75 Å². The highest BCUT2D eigenvalue weighted by Crippen LogP contribution is 2.28. The van der Waals surface area contributed by atoms with Crippen LogP contribution in [0.15, 0.2) is 23.1 Å². The number of carbonyl (C=O) groups excluding carboxylic acids is 1. The first-order valence-electron chi connectivity index (χ1n) is 3.86. The summed E-state index contributed by atoms with van der Waals surface area (Å²) in [5.74, 6) is 0.106. The van der Waals surface area contributed by atoms with Crippen LogP contribution >= 0.6 is 10.7 Å². The highest BCUT2D eigenvalue weighted by molar-refractivity contribution is 8.13. The van der Waals surface area contributed by atoms with Crippen molar-refractivity contribution in [2.75, 3.05) is 12.4 Å². The van der Waals surface area contributed by atoms with Crippen molar-refractivity contribution in [1.29, 1.82) is 0 Å². The first-order valence-corrected chi connectivity index (χ1v) is 6.16. The van der Waals surface area contributed by atoms with Gasteiger partial charge < -0.3 is 10.1 Å². The molecular formula is C8H8ClNO4S. The summed E-state index contributed by atoms with van der Waals surface area (Å²) in [5, 5.41) is 2.74. The minimum absolute atomic E-state index is 0.106. The van der Waals surface area contributed by atoms with Crippen LogP contribution in [0.4, 0.5) is 5.69 Å². The lowest BCUT2D eigenvalue weighted by molar-refractivity contribution is -0.120. The molecule has 0 saturated carbocycles. The molecule has 7 heteroatoms. The summed E-state index contributed by atoms with van der Waals surface area (Å²) < 4.78 is 26.6. The molecule has 82 valence electrons. The predicted molar refractivity (Wildman–Crippen MR) is 55.7 cm³/mol. The van der Waals surface area contributed by atoms with Gasteiger partial charge in [-0.2, -0.15) is 0 Å². The third kappa shape index (κ3) is 2.84. The van der Waals surface area contributed by atoms with Gasteiger partial charge >= 0.3 is 0 Å². The van der Waals surface area contributed by atoms with E-state index in [9.17, 15) is 13.2 Å². The van der Waals surface area contributed by atoms with E-state index in [1.165, 1.54) is 18.2 Å². The molecule has 1 aromatic carbocycles. The predicted octanol–water partition coefficient (Wildman–Crippen LogP) is 1.19. The van der Waals surface area contributed by atoms with Gasteiger partial charge in [0.05, 0.1) is 10.6 Å². The maximum atomic E-state index is 11.0. The van der Waals surface area contributed by atoms with Gasteiger partial charge in [-0.15, -0.1) is 0 Å². The van der Waals surface area contributed by atoms with Gasteiger partial charge in [0.15, 0.2) is 5.75 Å². The number of anilines is 1. The molecule has 0 fully saturated rings. The molecule has 1 aromatic rings. The first-order chi connectivity index (χ1) is 6.99. The Morgan fingerprint density at radius 1 is 1.47 bits per heavy atom. The zero-order chi connectivity index (χ0) is 11.5. The number of hydrogen-bond acceptors (Lipinski definition) is 5. The zero-order valence-corrected chi connectivity index (χ0v) is 9.30. The van der Waals surface area contributed by atoms with E-state index in [-0.39, 0.29) is 17.1 Å². The quantitative estimate of drug-likeness (QED) is 0.641. The van der Waals surface area contributed by atoms with E-state index in [2.05, 4.69) is 10.1 Å². The molecule has 0 saturated heterocycles. The van der Waals surface area contributed by atoms with E-state index < -0.39 is 9.05 Å². The number of halogens is 1. The summed E-state index contributed by atoms with van der Waals surface area (Å²) >= 11 is 0. The Balaban J connectivity index is 3.27. The molecule has 5 nitrogen and oxygen atoms in total. The van der Waals surface area contributed by atoms with Gasteiger partial charge in [0.2, 0.25) is 0 Å². The minimum atomic E-state index is -3.82. The van der Waals surface area contributed by atoms with E-state index in [1.807, 2.05) is 0 Å². The molecule has 0 heterocycles. The molecule has 0 aliphatic rings. The Bertz CT molecular complexity index is 472. The molecular weight excluding hydrogens is 242 g/mol. The van der Waals surface area contributed by atoms with Gasteiger partial charge in [0, 0.05) is 23.8 Å². The van der Waals surface area contributed by atoms with E-state index in [4.69, 9.17) is 10.7 Å². The number of rotatable bonds is 4. The van der Waals surface area contributed by atoms with Crippen LogP contribution in [0.1, 0.15) is 0 Å². The van der Waals surface area contributed by atoms with E-state index in [1.54, 1.807) is 7.05 Å². The molecule has 0 spiro atoms. The molecule has 0 bridgehead atoms. The number of hydrogen-bond donors (Lipinski definition) is 1. The standard InChI is InChI=1S/C8H8ClNO4S/c1-10-7-3-2-6(15(9,12)13)4-8(7)14-5-11/h2-5,10H,1H3. The summed E-state index contributed by atoms with van der Waals surface area (Å²) in [4.78, 5) is 10.0. The molecule has 0 radical (unpaired) electrons. The fourth-order valence-corrected chi connectivity index (χ4v) is 1.78. The number of nitrogens with one attached hydrogen (secondary N) is 1. The largest absolute Gasteiger partial charge is 0.426 e. The Labute approximate surface area is 91.4 Å². The van der Waals surface area contributed by atoms with Crippen LogP contribution in [0.5, 0.6) is 5.75 Å². The van der Waals surface area contributed by atoms with Crippen molar-refractivity contribution in [3.63, 3.8) is 0 Å². The third-order valence-electron chi connectivity index (χ3n) is 1.68. The molecule has 0 aromatic heterocycles. The van der Waals surface area contributed by atoms with Crippen molar-refractivity contribution >= 4 is 31.9 Å². The Hall–Kier alpha value is -1.27. The molecule has 0 aliphatic carbocycles. The van der Waals surface area contributed by atoms with Crippen molar-refractivity contribution in [2.45, 2.75) is 4.90 Å². The molecule has 0 aliphatic heterocycles. The molecule has 1 rings (SSSR count). The zero-order valence-electron chi connectivity index (χ0n) is 7.73. The number of carbonyl (C=O) groups is 1. The van der Waals surface area contributed by atoms with Gasteiger partial charge in [0.25, 0.3) is 15.5 Å². The fourth-order valence-electron chi connectivity index (χ4n) is 1.01. The van der Waals surface area contributed by atoms with E-state index in [0.717, 1.165) is 0 Å². The number of ether oxygens (including phenoxy) is 1. The highest BCUT2D eigenvalue weighted by Gasteiger charge is 2.13. The molecule has 0 amide bonds. The smallest absolute Gasteiger partial charge is 0.298 e. The second-order valence-corrected chi connectivity index (χ2v) is 5.13. The van der Waals surface area contributed by atoms with Gasteiger partial charge in [-0.05, 0) is 12.1 Å². The van der Waals surface area contributed by atoms with Gasteiger partial charge in [-0.3, -0.25) is 4.79 Å². The lowest BCUT2D eigenvalue weighted by Crippen LogP contribution is -1.98. The monoisotopic (exact) mass is 249 g/mol. The van der Waals surface area contributed by atoms with Crippen LogP contribution in [-0.2, 0) is 13.8 Å². The fraction of sp³-hybridized carbons (Fsp3) is 0.125. The minimum Gasteiger partial charge on any atom is -0.426 e. The van der Waals surface area contributed by atoms with Crippen LogP contribution < -0.4 is 10.1 Å². The Morgan fingerprint density at radius 3 is 2.60 bits per heavy atom. The Morgan fingerprint density at radius 2 is 2.13 bits per heavy atom. The van der Waals surface area contributed by atoms with Crippen molar-refractivity contribution < 1.29 is 17.9 Å². The van der Waals surface area contributed by atoms with Crippen LogP contribution in [0.2, 0.25) is 0 Å². The summed E-state index contributed by atoms with van der Waals surface area (Å²) in [6, 6.07) is 3.93. The lowest BCUT2D eigenvalue weighted by atomic mass is 10.3. The first kappa shape index (κ1) is 11.8. The van der Waals surface area contributed by atoms with Gasteiger partial charge in [-0.1, -0.05) is 0 Å². The second kappa shape index (κ2) is 4.50. The maximum absolute atomic E-state index is 11.0. The summed E-state index contributed by atoms with van der Waals surface area (Å²) in [7, 11) is 2.93. The van der Waals surface area contributed by atoms with E-state index >= 15 is 0 Å². The third-order valence-corrected chi connectivity index (χ3v) is 3.03. The van der Waals surface area contributed by atoms with E-state index in [0.29, 0.717) is 5.69 Å². The maximum Gasteiger partial charge on any atom is 0.298 e. The summed E-state index contributed by atoms with van der Waals surface area (Å²) in [5.41, 5.74) is 0.492. The average molecular weight is 250 g/mol. The van der Waals surface area contributed by atoms with Crippen LogP contribution in [0.25, 0.3) is 0 Å².